The van der Waals surface area contributed by atoms with E-state index in [1.165, 1.54) is 12.8 Å². The minimum Gasteiger partial charge on any atom is -0.474 e. The van der Waals surface area contributed by atoms with Crippen molar-refractivity contribution in [3.05, 3.63) is 23.9 Å². The Hall–Kier alpha value is -1.13. The molecule has 0 unspecified atom stereocenters. The largest absolute Gasteiger partial charge is 0.474 e. The number of hydrogen-bond acceptors (Lipinski definition) is 5. The minimum absolute atomic E-state index is 0. The molecule has 1 aliphatic carbocycles. The van der Waals surface area contributed by atoms with E-state index in [4.69, 9.17) is 14.5 Å². The predicted molar refractivity (Wildman–Crippen MR) is 129 cm³/mol. The fraction of sp³-hybridized carbons (Fsp3) is 0.714. The van der Waals surface area contributed by atoms with Crippen molar-refractivity contribution < 1.29 is 9.47 Å². The van der Waals surface area contributed by atoms with Crippen molar-refractivity contribution in [2.75, 3.05) is 46.9 Å². The number of hydrogen-bond donors (Lipinski definition) is 2. The lowest BCUT2D eigenvalue weighted by atomic mass is 10.2. The summed E-state index contributed by atoms with van der Waals surface area (Å²) < 4.78 is 11.1. The van der Waals surface area contributed by atoms with E-state index in [1.54, 1.807) is 7.11 Å². The fourth-order valence-electron chi connectivity index (χ4n) is 3.26. The van der Waals surface area contributed by atoms with Crippen molar-refractivity contribution in [2.45, 2.75) is 51.7 Å². The molecule has 8 heteroatoms. The zero-order chi connectivity index (χ0) is 20.0. The van der Waals surface area contributed by atoms with Crippen molar-refractivity contribution >= 4 is 29.9 Å². The number of pyridine rings is 1. The SMILES string of the molecule is CCNC(=NCc1ccnc(OC2CCCC2)c1)NCCN(C)CCCOC.I. The van der Waals surface area contributed by atoms with E-state index >= 15 is 0 Å². The third-order valence-corrected chi connectivity index (χ3v) is 4.83. The summed E-state index contributed by atoms with van der Waals surface area (Å²) in [5.41, 5.74) is 1.11. The minimum atomic E-state index is 0. The van der Waals surface area contributed by atoms with Crippen LogP contribution in [0.1, 0.15) is 44.6 Å². The van der Waals surface area contributed by atoms with Gasteiger partial charge in [-0.1, -0.05) is 0 Å². The number of halogens is 1. The van der Waals surface area contributed by atoms with Crippen LogP contribution in [0, 0.1) is 0 Å². The second-order valence-corrected chi connectivity index (χ2v) is 7.30. The highest BCUT2D eigenvalue weighted by atomic mass is 127. The summed E-state index contributed by atoms with van der Waals surface area (Å²) >= 11 is 0. The van der Waals surface area contributed by atoms with Crippen molar-refractivity contribution in [1.82, 2.24) is 20.5 Å². The van der Waals surface area contributed by atoms with E-state index in [9.17, 15) is 0 Å². The molecule has 1 aromatic heterocycles. The molecule has 1 fully saturated rings. The summed E-state index contributed by atoms with van der Waals surface area (Å²) in [6.07, 6.45) is 7.98. The summed E-state index contributed by atoms with van der Waals surface area (Å²) in [5, 5.41) is 6.71. The molecule has 0 aromatic carbocycles. The molecule has 2 rings (SSSR count). The Morgan fingerprint density at radius 2 is 2.07 bits per heavy atom. The smallest absolute Gasteiger partial charge is 0.213 e. The molecular weight excluding hydrogens is 481 g/mol. The highest BCUT2D eigenvalue weighted by molar-refractivity contribution is 14.0. The first-order chi connectivity index (χ1) is 13.7. The molecule has 0 amide bonds. The van der Waals surface area contributed by atoms with Crippen LogP contribution in [0.4, 0.5) is 0 Å². The second kappa shape index (κ2) is 15.7. The van der Waals surface area contributed by atoms with Crippen LogP contribution in [-0.2, 0) is 11.3 Å². The number of nitrogens with one attached hydrogen (secondary N) is 2. The first-order valence-corrected chi connectivity index (χ1v) is 10.5. The molecule has 1 aromatic rings. The average Bonchev–Trinajstić information content (AvgIpc) is 3.19. The number of rotatable bonds is 12. The van der Waals surface area contributed by atoms with Gasteiger partial charge in [0.05, 0.1) is 6.54 Å². The van der Waals surface area contributed by atoms with Gasteiger partial charge >= 0.3 is 0 Å². The molecule has 0 aliphatic heterocycles. The molecule has 0 saturated heterocycles. The number of methoxy groups -OCH3 is 1. The van der Waals surface area contributed by atoms with Gasteiger partial charge in [-0.05, 0) is 57.7 Å². The van der Waals surface area contributed by atoms with Gasteiger partial charge < -0.3 is 25.0 Å². The third-order valence-electron chi connectivity index (χ3n) is 4.83. The molecule has 1 saturated carbocycles. The van der Waals surface area contributed by atoms with E-state index in [-0.39, 0.29) is 24.0 Å². The molecule has 0 atom stereocenters. The van der Waals surface area contributed by atoms with Crippen LogP contribution in [-0.4, -0.2) is 68.9 Å². The van der Waals surface area contributed by atoms with Crippen molar-refractivity contribution in [3.8, 4) is 5.88 Å². The fourth-order valence-corrected chi connectivity index (χ4v) is 3.26. The second-order valence-electron chi connectivity index (χ2n) is 7.30. The van der Waals surface area contributed by atoms with Gasteiger partial charge in [0.15, 0.2) is 5.96 Å². The predicted octanol–water partition coefficient (Wildman–Crippen LogP) is 3.04. The molecule has 2 N–H and O–H groups in total. The molecule has 1 heterocycles. The Morgan fingerprint density at radius 3 is 2.79 bits per heavy atom. The normalized spacial score (nSPS) is 14.7. The Morgan fingerprint density at radius 1 is 1.28 bits per heavy atom. The third kappa shape index (κ3) is 11.0. The lowest BCUT2D eigenvalue weighted by Gasteiger charge is -2.18. The molecule has 29 heavy (non-hydrogen) atoms. The van der Waals surface area contributed by atoms with Crippen LogP contribution in [0.2, 0.25) is 0 Å². The number of ether oxygens (including phenoxy) is 2. The van der Waals surface area contributed by atoms with E-state index in [0.29, 0.717) is 12.6 Å². The standard InChI is InChI=1S/C21H37N5O2.HI/c1-4-22-21(24-12-14-26(2)13-7-15-27-3)25-17-18-10-11-23-20(16-18)28-19-8-5-6-9-19;/h10-11,16,19H,4-9,12-15,17H2,1-3H3,(H2,22,24,25);1H. The van der Waals surface area contributed by atoms with Gasteiger partial charge in [-0.25, -0.2) is 9.98 Å². The van der Waals surface area contributed by atoms with Crippen LogP contribution >= 0.6 is 24.0 Å². The summed E-state index contributed by atoms with van der Waals surface area (Å²) in [6, 6.07) is 4.01. The number of likely N-dealkylation sites (N-methyl/N-ethyl adjacent to an activating group) is 1. The van der Waals surface area contributed by atoms with Crippen LogP contribution < -0.4 is 15.4 Å². The first kappa shape index (κ1) is 25.9. The average molecular weight is 519 g/mol. The summed E-state index contributed by atoms with van der Waals surface area (Å²) in [5.74, 6) is 1.55. The van der Waals surface area contributed by atoms with Crippen molar-refractivity contribution in [2.24, 2.45) is 4.99 Å². The summed E-state index contributed by atoms with van der Waals surface area (Å²) in [4.78, 5) is 11.3. The van der Waals surface area contributed by atoms with E-state index in [0.717, 1.165) is 69.5 Å². The quantitative estimate of drug-likeness (QED) is 0.192. The monoisotopic (exact) mass is 519 g/mol. The zero-order valence-electron chi connectivity index (χ0n) is 18.2. The van der Waals surface area contributed by atoms with Crippen LogP contribution in [0.3, 0.4) is 0 Å². The van der Waals surface area contributed by atoms with Gasteiger partial charge in [-0.15, -0.1) is 24.0 Å². The van der Waals surface area contributed by atoms with Crippen LogP contribution in [0.5, 0.6) is 5.88 Å². The van der Waals surface area contributed by atoms with E-state index in [1.807, 2.05) is 18.3 Å². The number of nitrogens with zero attached hydrogens (tertiary/aromatic N) is 3. The van der Waals surface area contributed by atoms with Gasteiger partial charge in [0.1, 0.15) is 6.10 Å². The van der Waals surface area contributed by atoms with Crippen LogP contribution in [0.15, 0.2) is 23.3 Å². The highest BCUT2D eigenvalue weighted by Crippen LogP contribution is 2.23. The van der Waals surface area contributed by atoms with E-state index in [2.05, 4.69) is 34.5 Å². The highest BCUT2D eigenvalue weighted by Gasteiger charge is 2.17. The molecule has 1 aliphatic rings. The number of aliphatic imine (C=N–C) groups is 1. The van der Waals surface area contributed by atoms with Gasteiger partial charge in [-0.2, -0.15) is 0 Å². The number of aromatic nitrogens is 1. The Kier molecular flexibility index (Phi) is 14.0. The lowest BCUT2D eigenvalue weighted by Crippen LogP contribution is -2.41. The molecule has 7 nitrogen and oxygen atoms in total. The maximum atomic E-state index is 6.00. The topological polar surface area (TPSA) is 71.0 Å². The summed E-state index contributed by atoms with van der Waals surface area (Å²) in [7, 11) is 3.87. The van der Waals surface area contributed by atoms with Crippen molar-refractivity contribution in [1.29, 1.82) is 0 Å². The molecular formula is C21H38IN5O2. The Bertz CT molecular complexity index is 582. The van der Waals surface area contributed by atoms with Gasteiger partial charge in [0, 0.05) is 52.2 Å². The Labute approximate surface area is 193 Å². The summed E-state index contributed by atoms with van der Waals surface area (Å²) in [6.45, 7) is 7.16. The molecule has 0 radical (unpaired) electrons. The lowest BCUT2D eigenvalue weighted by molar-refractivity contribution is 0.180. The molecule has 166 valence electrons. The molecule has 0 bridgehead atoms. The van der Waals surface area contributed by atoms with Crippen LogP contribution in [0.25, 0.3) is 0 Å². The number of guanidine groups is 1. The van der Waals surface area contributed by atoms with E-state index < -0.39 is 0 Å². The Balaban J connectivity index is 0.00000420. The maximum absolute atomic E-state index is 6.00. The zero-order valence-corrected chi connectivity index (χ0v) is 20.5. The molecule has 0 spiro atoms. The van der Waals surface area contributed by atoms with Gasteiger partial charge in [0.25, 0.3) is 0 Å². The maximum Gasteiger partial charge on any atom is 0.213 e. The van der Waals surface area contributed by atoms with Crippen molar-refractivity contribution in [3.63, 3.8) is 0 Å². The first-order valence-electron chi connectivity index (χ1n) is 10.5. The van der Waals surface area contributed by atoms with Gasteiger partial charge in [-0.3, -0.25) is 0 Å². The van der Waals surface area contributed by atoms with Gasteiger partial charge in [0.2, 0.25) is 5.88 Å².